The number of hydrogen-bond acceptors (Lipinski definition) is 0. The largest absolute Gasteiger partial charge is 0.126 e. The molecule has 0 spiro atoms. The molecule has 0 nitrogen and oxygen atoms in total. The molecule has 0 radical (unpaired) electrons. The molecule has 1 heteroatoms. The molecule has 1 aliphatic carbocycles. The van der Waals surface area contributed by atoms with Crippen molar-refractivity contribution in [3.05, 3.63) is 122 Å². The topological polar surface area (TPSA) is 0 Å². The maximum absolute atomic E-state index is 2.99. The molecule has 0 fully saturated rings. The van der Waals surface area contributed by atoms with Gasteiger partial charge in [0.05, 0.1) is 0 Å². The van der Waals surface area contributed by atoms with Gasteiger partial charge in [0.1, 0.15) is 0 Å². The summed E-state index contributed by atoms with van der Waals surface area (Å²) in [7, 11) is 0. The van der Waals surface area contributed by atoms with Gasteiger partial charge in [-0.15, -0.1) is 46.2 Å². The third kappa shape index (κ3) is 6.15. The summed E-state index contributed by atoms with van der Waals surface area (Å²) in [5.41, 5.74) is 1.32. The van der Waals surface area contributed by atoms with Gasteiger partial charge in [0.2, 0.25) is 0 Å². The number of fused-ring (bicyclic) bond motifs is 3. The second-order valence-electron chi connectivity index (χ2n) is 5.88. The summed E-state index contributed by atoms with van der Waals surface area (Å²) in [5.74, 6) is 0. The summed E-state index contributed by atoms with van der Waals surface area (Å²) in [4.78, 5) is 0. The van der Waals surface area contributed by atoms with Crippen LogP contribution in [-0.2, 0) is 24.2 Å². The van der Waals surface area contributed by atoms with Crippen LogP contribution in [0.1, 0.15) is 12.0 Å². The van der Waals surface area contributed by atoms with E-state index in [0.717, 1.165) is 6.42 Å². The van der Waals surface area contributed by atoms with Crippen molar-refractivity contribution < 1.29 is 24.2 Å². The van der Waals surface area contributed by atoms with Gasteiger partial charge in [-0.25, -0.2) is 12.2 Å². The van der Waals surface area contributed by atoms with Gasteiger partial charge < -0.3 is 7.43 Å². The fraction of sp³-hybridized carbons (Fsp3) is 0.0385. The minimum Gasteiger partial charge on any atom is -0.126 e. The molecule has 134 valence electrons. The van der Waals surface area contributed by atoms with E-state index in [1.54, 1.807) is 0 Å². The second-order valence-corrected chi connectivity index (χ2v) is 6.59. The molecule has 0 aromatic heterocycles. The molecule has 0 atom stereocenters. The van der Waals surface area contributed by atoms with E-state index in [0.29, 0.717) is 0 Å². The van der Waals surface area contributed by atoms with E-state index in [1.165, 1.54) is 51.3 Å². The first-order chi connectivity index (χ1) is 12.9. The van der Waals surface area contributed by atoms with Crippen LogP contribution in [0.3, 0.4) is 0 Å². The van der Waals surface area contributed by atoms with Crippen molar-refractivity contribution in [1.82, 2.24) is 0 Å². The minimum atomic E-state index is 0. The molecule has 0 saturated heterocycles. The summed E-state index contributed by atoms with van der Waals surface area (Å²) in [5, 5.41) is 5.39. The van der Waals surface area contributed by atoms with Crippen LogP contribution in [0.15, 0.2) is 103 Å². The Balaban J connectivity index is 0.000000161. The van der Waals surface area contributed by atoms with Gasteiger partial charge in [0.25, 0.3) is 0 Å². The second kappa shape index (κ2) is 11.5. The van der Waals surface area contributed by atoms with Gasteiger partial charge >= 0.3 is 63.8 Å². The SMILES string of the molecule is [C-]1=CC=CC1.[CH3-].[Zr]=[CH]c1ccccc1.c1ccc2c(c1)[cH-]c1ccccc12. The molecule has 27 heavy (non-hydrogen) atoms. The van der Waals surface area contributed by atoms with Crippen LogP contribution >= 0.6 is 0 Å². The maximum atomic E-state index is 2.99. The van der Waals surface area contributed by atoms with Crippen molar-refractivity contribution >= 4 is 25.3 Å². The molecule has 0 N–H and O–H groups in total. The van der Waals surface area contributed by atoms with Crippen molar-refractivity contribution in [2.75, 3.05) is 0 Å². The van der Waals surface area contributed by atoms with Gasteiger partial charge in [-0.2, -0.15) is 6.08 Å². The first-order valence-electron chi connectivity index (χ1n) is 8.69. The van der Waals surface area contributed by atoms with E-state index < -0.39 is 0 Å². The number of benzene rings is 3. The van der Waals surface area contributed by atoms with Crippen molar-refractivity contribution in [3.8, 4) is 0 Å². The maximum Gasteiger partial charge on any atom is -0.0771 e. The smallest absolute Gasteiger partial charge is 0.0771 e. The van der Waals surface area contributed by atoms with Gasteiger partial charge in [0.15, 0.2) is 0 Å². The van der Waals surface area contributed by atoms with E-state index in [1.807, 2.05) is 18.2 Å². The van der Waals surface area contributed by atoms with Crippen LogP contribution in [0.2, 0.25) is 0 Å². The standard InChI is InChI=1S/C13H9.C7H6.C5H5.CH3.Zr/c1-3-7-12-10(5-1)9-11-6-2-4-8-13(11)12;1-7-5-3-2-4-6-7;1-2-4-5-3-1;;/h1-9H;1-6H;1-3H,4H2;1H3;/q-1;;2*-1;. The fourth-order valence-corrected chi connectivity index (χ4v) is 3.27. The fourth-order valence-electron chi connectivity index (χ4n) is 2.79. The van der Waals surface area contributed by atoms with Gasteiger partial charge in [-0.05, 0) is 0 Å². The average Bonchev–Trinajstić information content (AvgIpc) is 3.40. The molecule has 4 aromatic rings. The Morgan fingerprint density at radius 3 is 1.74 bits per heavy atom. The molecule has 1 aliphatic rings. The molecular weight excluding hydrogens is 404 g/mol. The molecule has 0 heterocycles. The third-order valence-corrected chi connectivity index (χ3v) is 4.89. The Labute approximate surface area is 177 Å². The first kappa shape index (κ1) is 21.1. The first-order valence-corrected chi connectivity index (χ1v) is 10.1. The average molecular weight is 427 g/mol. The van der Waals surface area contributed by atoms with E-state index >= 15 is 0 Å². The predicted molar refractivity (Wildman–Crippen MR) is 117 cm³/mol. The van der Waals surface area contributed by atoms with Crippen molar-refractivity contribution in [3.63, 3.8) is 0 Å². The molecular formula is C26H23Zr-3. The molecule has 0 amide bonds. The number of allylic oxidation sites excluding steroid dienone is 4. The van der Waals surface area contributed by atoms with Crippen molar-refractivity contribution in [1.29, 1.82) is 0 Å². The van der Waals surface area contributed by atoms with E-state index in [-0.39, 0.29) is 7.43 Å². The molecule has 0 unspecified atom stereocenters. The minimum absolute atomic E-state index is 0. The van der Waals surface area contributed by atoms with Gasteiger partial charge in [0, 0.05) is 0 Å². The van der Waals surface area contributed by atoms with Crippen LogP contribution in [0, 0.1) is 13.5 Å². The molecule has 0 saturated carbocycles. The molecule has 5 rings (SSSR count). The Hall–Kier alpha value is -2.24. The van der Waals surface area contributed by atoms with E-state index in [4.69, 9.17) is 0 Å². The summed E-state index contributed by atoms with van der Waals surface area (Å²) in [6, 6.07) is 29.6. The Bertz CT molecular complexity index is 959. The zero-order valence-electron chi connectivity index (χ0n) is 15.6. The van der Waals surface area contributed by atoms with Crippen LogP contribution in [0.4, 0.5) is 0 Å². The summed E-state index contributed by atoms with van der Waals surface area (Å²) < 4.78 is 2.17. The molecule has 0 bridgehead atoms. The molecule has 4 aromatic carbocycles. The van der Waals surface area contributed by atoms with E-state index in [2.05, 4.69) is 94.7 Å². The zero-order valence-corrected chi connectivity index (χ0v) is 18.1. The molecule has 0 aliphatic heterocycles. The van der Waals surface area contributed by atoms with Crippen LogP contribution in [0.5, 0.6) is 0 Å². The Kier molecular flexibility index (Phi) is 8.95. The van der Waals surface area contributed by atoms with Crippen molar-refractivity contribution in [2.45, 2.75) is 6.42 Å². The number of hydrogen-bond donors (Lipinski definition) is 0. The van der Waals surface area contributed by atoms with E-state index in [9.17, 15) is 0 Å². The summed E-state index contributed by atoms with van der Waals surface area (Å²) in [6.07, 6.45) is 10.0. The predicted octanol–water partition coefficient (Wildman–Crippen LogP) is 6.85. The summed E-state index contributed by atoms with van der Waals surface area (Å²) >= 11 is 1.46. The Morgan fingerprint density at radius 2 is 1.33 bits per heavy atom. The monoisotopic (exact) mass is 425 g/mol. The zero-order chi connectivity index (χ0) is 18.0. The van der Waals surface area contributed by atoms with Gasteiger partial charge in [-0.1, -0.05) is 36.4 Å². The Morgan fingerprint density at radius 1 is 0.778 bits per heavy atom. The van der Waals surface area contributed by atoms with Gasteiger partial charge in [-0.3, -0.25) is 6.08 Å². The van der Waals surface area contributed by atoms with Crippen LogP contribution < -0.4 is 0 Å². The van der Waals surface area contributed by atoms with Crippen molar-refractivity contribution in [2.24, 2.45) is 0 Å². The number of rotatable bonds is 1. The normalized spacial score (nSPS) is 11.1. The third-order valence-electron chi connectivity index (χ3n) is 4.07. The van der Waals surface area contributed by atoms with Crippen LogP contribution in [0.25, 0.3) is 21.5 Å². The van der Waals surface area contributed by atoms with Crippen LogP contribution in [-0.4, -0.2) is 3.71 Å². The quantitative estimate of drug-likeness (QED) is 0.292. The summed E-state index contributed by atoms with van der Waals surface area (Å²) in [6.45, 7) is 0.